The van der Waals surface area contributed by atoms with E-state index < -0.39 is 0 Å². The van der Waals surface area contributed by atoms with Crippen LogP contribution < -0.4 is 9.47 Å². The first-order chi connectivity index (χ1) is 10.1. The van der Waals surface area contributed by atoms with Gasteiger partial charge in [-0.05, 0) is 61.4 Å². The molecule has 21 heavy (non-hydrogen) atoms. The second-order valence-corrected chi connectivity index (χ2v) is 5.35. The quantitative estimate of drug-likeness (QED) is 0.798. The Hall–Kier alpha value is -1.87. The standard InChI is InChI=1S/C17H19ClO3/c1-12-10-15(19)11-13(2)17(12)21-9-3-8-20-16-6-4-14(18)5-7-16/h4-7,10-11,19H,3,8-9H2,1-2H3. The van der Waals surface area contributed by atoms with E-state index in [9.17, 15) is 5.11 Å². The Morgan fingerprint density at radius 1 is 0.952 bits per heavy atom. The molecule has 0 aliphatic rings. The lowest BCUT2D eigenvalue weighted by Crippen LogP contribution is -2.06. The van der Waals surface area contributed by atoms with Crippen molar-refractivity contribution >= 4 is 11.6 Å². The van der Waals surface area contributed by atoms with Gasteiger partial charge in [-0.15, -0.1) is 0 Å². The monoisotopic (exact) mass is 306 g/mol. The van der Waals surface area contributed by atoms with E-state index in [1.54, 1.807) is 24.3 Å². The maximum absolute atomic E-state index is 9.49. The first-order valence-corrected chi connectivity index (χ1v) is 7.25. The number of hydrogen-bond donors (Lipinski definition) is 1. The Morgan fingerprint density at radius 3 is 2.14 bits per heavy atom. The fraction of sp³-hybridized carbons (Fsp3) is 0.294. The van der Waals surface area contributed by atoms with Crippen LogP contribution in [-0.4, -0.2) is 18.3 Å². The molecule has 1 N–H and O–H groups in total. The highest BCUT2D eigenvalue weighted by atomic mass is 35.5. The number of aryl methyl sites for hydroxylation is 2. The van der Waals surface area contributed by atoms with Gasteiger partial charge in [0.05, 0.1) is 13.2 Å². The van der Waals surface area contributed by atoms with Crippen LogP contribution in [0, 0.1) is 13.8 Å². The highest BCUT2D eigenvalue weighted by Gasteiger charge is 2.05. The molecular formula is C17H19ClO3. The Morgan fingerprint density at radius 2 is 1.52 bits per heavy atom. The number of halogens is 1. The first-order valence-electron chi connectivity index (χ1n) is 6.87. The van der Waals surface area contributed by atoms with Gasteiger partial charge in [-0.3, -0.25) is 0 Å². The van der Waals surface area contributed by atoms with Crippen LogP contribution in [0.2, 0.25) is 5.02 Å². The largest absolute Gasteiger partial charge is 0.508 e. The number of rotatable bonds is 6. The van der Waals surface area contributed by atoms with E-state index in [1.165, 1.54) is 0 Å². The van der Waals surface area contributed by atoms with Crippen molar-refractivity contribution in [2.45, 2.75) is 20.3 Å². The Balaban J connectivity index is 1.76. The summed E-state index contributed by atoms with van der Waals surface area (Å²) in [4.78, 5) is 0. The molecule has 0 heterocycles. The van der Waals surface area contributed by atoms with E-state index in [4.69, 9.17) is 21.1 Å². The summed E-state index contributed by atoms with van der Waals surface area (Å²) in [6.45, 7) is 5.00. The van der Waals surface area contributed by atoms with Crippen molar-refractivity contribution in [1.29, 1.82) is 0 Å². The number of phenols is 1. The Labute approximate surface area is 130 Å². The normalized spacial score (nSPS) is 10.4. The molecule has 4 heteroatoms. The third-order valence-corrected chi connectivity index (χ3v) is 3.31. The lowest BCUT2D eigenvalue weighted by atomic mass is 10.1. The average Bonchev–Trinajstić information content (AvgIpc) is 2.43. The molecule has 0 aromatic heterocycles. The van der Waals surface area contributed by atoms with Crippen molar-refractivity contribution in [3.63, 3.8) is 0 Å². The molecule has 0 aliphatic heterocycles. The van der Waals surface area contributed by atoms with Crippen molar-refractivity contribution in [1.82, 2.24) is 0 Å². The molecule has 112 valence electrons. The van der Waals surface area contributed by atoms with Gasteiger partial charge in [0.15, 0.2) is 0 Å². The van der Waals surface area contributed by atoms with Crippen LogP contribution in [0.15, 0.2) is 36.4 Å². The van der Waals surface area contributed by atoms with Crippen LogP contribution in [0.1, 0.15) is 17.5 Å². The van der Waals surface area contributed by atoms with Crippen LogP contribution in [0.25, 0.3) is 0 Å². The zero-order valence-electron chi connectivity index (χ0n) is 12.2. The molecule has 0 aliphatic carbocycles. The third kappa shape index (κ3) is 4.57. The summed E-state index contributed by atoms with van der Waals surface area (Å²) in [6.07, 6.45) is 0.780. The van der Waals surface area contributed by atoms with Gasteiger partial charge in [0, 0.05) is 11.4 Å². The molecule has 0 saturated heterocycles. The molecule has 2 rings (SSSR count). The maximum Gasteiger partial charge on any atom is 0.125 e. The van der Waals surface area contributed by atoms with Crippen LogP contribution >= 0.6 is 11.6 Å². The molecule has 2 aromatic carbocycles. The number of hydrogen-bond acceptors (Lipinski definition) is 3. The van der Waals surface area contributed by atoms with Gasteiger partial charge >= 0.3 is 0 Å². The molecule has 0 spiro atoms. The minimum absolute atomic E-state index is 0.267. The van der Waals surface area contributed by atoms with Crippen molar-refractivity contribution in [2.24, 2.45) is 0 Å². The second-order valence-electron chi connectivity index (χ2n) is 4.91. The highest BCUT2D eigenvalue weighted by molar-refractivity contribution is 6.30. The van der Waals surface area contributed by atoms with E-state index in [1.807, 2.05) is 26.0 Å². The number of aromatic hydroxyl groups is 1. The first kappa shape index (κ1) is 15.5. The minimum Gasteiger partial charge on any atom is -0.508 e. The van der Waals surface area contributed by atoms with Crippen LogP contribution in [-0.2, 0) is 0 Å². The lowest BCUT2D eigenvalue weighted by Gasteiger charge is -2.13. The summed E-state index contributed by atoms with van der Waals surface area (Å²) < 4.78 is 11.4. The third-order valence-electron chi connectivity index (χ3n) is 3.06. The smallest absolute Gasteiger partial charge is 0.125 e. The van der Waals surface area contributed by atoms with Crippen molar-refractivity contribution in [3.05, 3.63) is 52.5 Å². The van der Waals surface area contributed by atoms with Gasteiger partial charge in [0.1, 0.15) is 17.2 Å². The van der Waals surface area contributed by atoms with Gasteiger partial charge in [0.25, 0.3) is 0 Å². The molecule has 0 fully saturated rings. The fourth-order valence-corrected chi connectivity index (χ4v) is 2.24. The lowest BCUT2D eigenvalue weighted by molar-refractivity contribution is 0.245. The van der Waals surface area contributed by atoms with E-state index in [2.05, 4.69) is 0 Å². The van der Waals surface area contributed by atoms with Crippen molar-refractivity contribution < 1.29 is 14.6 Å². The summed E-state index contributed by atoms with van der Waals surface area (Å²) in [5.41, 5.74) is 1.87. The minimum atomic E-state index is 0.267. The summed E-state index contributed by atoms with van der Waals surface area (Å²) in [6, 6.07) is 10.7. The molecule has 3 nitrogen and oxygen atoms in total. The second kappa shape index (κ2) is 7.23. The summed E-state index contributed by atoms with van der Waals surface area (Å²) in [7, 11) is 0. The Bertz CT molecular complexity index is 570. The molecule has 0 bridgehead atoms. The predicted octanol–water partition coefficient (Wildman–Crippen LogP) is 4.51. The van der Waals surface area contributed by atoms with Crippen LogP contribution in [0.4, 0.5) is 0 Å². The van der Waals surface area contributed by atoms with Crippen molar-refractivity contribution in [3.8, 4) is 17.2 Å². The summed E-state index contributed by atoms with van der Waals surface area (Å²) in [5.74, 6) is 1.90. The maximum atomic E-state index is 9.49. The predicted molar refractivity (Wildman–Crippen MR) is 84.6 cm³/mol. The SMILES string of the molecule is Cc1cc(O)cc(C)c1OCCCOc1ccc(Cl)cc1. The van der Waals surface area contributed by atoms with Crippen LogP contribution in [0.5, 0.6) is 17.2 Å². The number of phenolic OH excluding ortho intramolecular Hbond substituents is 1. The van der Waals surface area contributed by atoms with Crippen LogP contribution in [0.3, 0.4) is 0 Å². The average molecular weight is 307 g/mol. The topological polar surface area (TPSA) is 38.7 Å². The summed E-state index contributed by atoms with van der Waals surface area (Å²) in [5, 5.41) is 10.2. The molecule has 0 amide bonds. The summed E-state index contributed by atoms with van der Waals surface area (Å²) >= 11 is 5.81. The molecule has 0 atom stereocenters. The van der Waals surface area contributed by atoms with E-state index in [-0.39, 0.29) is 5.75 Å². The number of ether oxygens (including phenoxy) is 2. The van der Waals surface area contributed by atoms with Gasteiger partial charge in [0.2, 0.25) is 0 Å². The van der Waals surface area contributed by atoms with E-state index >= 15 is 0 Å². The molecule has 0 saturated carbocycles. The highest BCUT2D eigenvalue weighted by Crippen LogP contribution is 2.27. The van der Waals surface area contributed by atoms with Gasteiger partial charge < -0.3 is 14.6 Å². The Kier molecular flexibility index (Phi) is 5.34. The van der Waals surface area contributed by atoms with Gasteiger partial charge in [-0.25, -0.2) is 0 Å². The zero-order chi connectivity index (χ0) is 15.2. The van der Waals surface area contributed by atoms with Gasteiger partial charge in [-0.1, -0.05) is 11.6 Å². The van der Waals surface area contributed by atoms with Gasteiger partial charge in [-0.2, -0.15) is 0 Å². The van der Waals surface area contributed by atoms with E-state index in [0.717, 1.165) is 29.0 Å². The fourth-order valence-electron chi connectivity index (χ4n) is 2.11. The zero-order valence-corrected chi connectivity index (χ0v) is 13.0. The molecular weight excluding hydrogens is 288 g/mol. The molecule has 0 unspecified atom stereocenters. The van der Waals surface area contributed by atoms with E-state index in [0.29, 0.717) is 18.2 Å². The molecule has 2 aromatic rings. The number of benzene rings is 2. The molecule has 0 radical (unpaired) electrons. The van der Waals surface area contributed by atoms with Crippen molar-refractivity contribution in [2.75, 3.05) is 13.2 Å².